The maximum Gasteiger partial charge on any atom is 0.260 e. The van der Waals surface area contributed by atoms with Crippen molar-refractivity contribution in [3.05, 3.63) is 96.1 Å². The van der Waals surface area contributed by atoms with Gasteiger partial charge in [0, 0.05) is 39.8 Å². The number of benzene rings is 3. The van der Waals surface area contributed by atoms with Crippen molar-refractivity contribution < 1.29 is 22.7 Å². The van der Waals surface area contributed by atoms with Gasteiger partial charge in [-0.2, -0.15) is 0 Å². The summed E-state index contributed by atoms with van der Waals surface area (Å²) in [7, 11) is -2.11. The largest absolute Gasteiger partial charge is 0.484 e. The first-order chi connectivity index (χ1) is 18.0. The number of methoxy groups -OCH3 is 1. The van der Waals surface area contributed by atoms with E-state index in [1.54, 1.807) is 12.1 Å². The van der Waals surface area contributed by atoms with E-state index in [-0.39, 0.29) is 36.6 Å². The van der Waals surface area contributed by atoms with Gasteiger partial charge < -0.3 is 14.4 Å². The highest BCUT2D eigenvalue weighted by Gasteiger charge is 2.28. The summed E-state index contributed by atoms with van der Waals surface area (Å²) in [4.78, 5) is 17.2. The van der Waals surface area contributed by atoms with Gasteiger partial charge in [-0.1, -0.05) is 60.7 Å². The standard InChI is InChI=1S/C28H33N3O5S/c1-35-21-16-29-37(33,34)26-14-12-25(13-15-26)36-22-27(32)30-17-19-31(20-18-30)28(23-8-4-2-5-9-23)24-10-6-3-7-11-24/h2-15,28-29H,16-22H2,1H3. The van der Waals surface area contributed by atoms with Crippen molar-refractivity contribution in [2.75, 3.05) is 53.0 Å². The smallest absolute Gasteiger partial charge is 0.260 e. The normalized spacial score (nSPS) is 14.6. The summed E-state index contributed by atoms with van der Waals surface area (Å²) in [6.07, 6.45) is 0. The topological polar surface area (TPSA) is 88.2 Å². The third kappa shape index (κ3) is 7.17. The molecule has 1 aliphatic rings. The number of amides is 1. The lowest BCUT2D eigenvalue weighted by atomic mass is 9.96. The van der Waals surface area contributed by atoms with Gasteiger partial charge in [0.1, 0.15) is 5.75 Å². The van der Waals surface area contributed by atoms with Crippen LogP contribution in [0.2, 0.25) is 0 Å². The van der Waals surface area contributed by atoms with Crippen LogP contribution in [0.15, 0.2) is 89.8 Å². The minimum atomic E-state index is -3.62. The maximum absolute atomic E-state index is 12.8. The van der Waals surface area contributed by atoms with Crippen molar-refractivity contribution >= 4 is 15.9 Å². The molecule has 0 radical (unpaired) electrons. The van der Waals surface area contributed by atoms with Gasteiger partial charge in [0.05, 0.1) is 17.5 Å². The molecular formula is C28H33N3O5S. The Morgan fingerprint density at radius 2 is 1.43 bits per heavy atom. The van der Waals surface area contributed by atoms with Crippen LogP contribution in [-0.2, 0) is 19.6 Å². The molecular weight excluding hydrogens is 490 g/mol. The first-order valence-corrected chi connectivity index (χ1v) is 13.8. The van der Waals surface area contributed by atoms with E-state index in [0.29, 0.717) is 18.8 Å². The van der Waals surface area contributed by atoms with Crippen molar-refractivity contribution in [2.24, 2.45) is 0 Å². The second-order valence-corrected chi connectivity index (χ2v) is 10.6. The summed E-state index contributed by atoms with van der Waals surface area (Å²) >= 11 is 0. The molecule has 1 amide bonds. The molecule has 3 aromatic rings. The molecule has 1 heterocycles. The van der Waals surface area contributed by atoms with Crippen molar-refractivity contribution in [3.63, 3.8) is 0 Å². The van der Waals surface area contributed by atoms with E-state index in [4.69, 9.17) is 9.47 Å². The van der Waals surface area contributed by atoms with Crippen LogP contribution in [0.5, 0.6) is 5.75 Å². The molecule has 0 saturated carbocycles. The predicted molar refractivity (Wildman–Crippen MR) is 142 cm³/mol. The lowest BCUT2D eigenvalue weighted by molar-refractivity contribution is -0.135. The number of hydrogen-bond donors (Lipinski definition) is 1. The Bertz CT molecular complexity index is 1190. The Balaban J connectivity index is 1.31. The number of ether oxygens (including phenoxy) is 2. The molecule has 0 bridgehead atoms. The second kappa shape index (κ2) is 12.8. The molecule has 0 spiro atoms. The molecule has 0 aromatic heterocycles. The van der Waals surface area contributed by atoms with Gasteiger partial charge in [-0.25, -0.2) is 13.1 Å². The Morgan fingerprint density at radius 3 is 1.97 bits per heavy atom. The lowest BCUT2D eigenvalue weighted by Crippen LogP contribution is -2.51. The lowest BCUT2D eigenvalue weighted by Gasteiger charge is -2.39. The zero-order valence-corrected chi connectivity index (χ0v) is 21.8. The fraction of sp³-hybridized carbons (Fsp3) is 0.321. The van der Waals surface area contributed by atoms with E-state index in [1.807, 2.05) is 17.0 Å². The highest BCUT2D eigenvalue weighted by atomic mass is 32.2. The van der Waals surface area contributed by atoms with Crippen molar-refractivity contribution in [1.82, 2.24) is 14.5 Å². The molecule has 3 aromatic carbocycles. The molecule has 1 fully saturated rings. The Kier molecular flexibility index (Phi) is 9.29. The first kappa shape index (κ1) is 26.8. The van der Waals surface area contributed by atoms with Crippen LogP contribution < -0.4 is 9.46 Å². The van der Waals surface area contributed by atoms with Crippen LogP contribution in [0.3, 0.4) is 0 Å². The summed E-state index contributed by atoms with van der Waals surface area (Å²) < 4.78 is 37.5. The minimum Gasteiger partial charge on any atom is -0.484 e. The van der Waals surface area contributed by atoms with Gasteiger partial charge in [0.15, 0.2) is 6.61 Å². The Hall–Kier alpha value is -3.24. The SMILES string of the molecule is COCCNS(=O)(=O)c1ccc(OCC(=O)N2CCN(C(c3ccccc3)c3ccccc3)CC2)cc1. The van der Waals surface area contributed by atoms with Gasteiger partial charge in [-0.3, -0.25) is 9.69 Å². The van der Waals surface area contributed by atoms with Crippen molar-refractivity contribution in [3.8, 4) is 5.75 Å². The van der Waals surface area contributed by atoms with Gasteiger partial charge in [-0.15, -0.1) is 0 Å². The molecule has 0 unspecified atom stereocenters. The first-order valence-electron chi connectivity index (χ1n) is 12.3. The second-order valence-electron chi connectivity index (χ2n) is 8.79. The summed E-state index contributed by atoms with van der Waals surface area (Å²) in [6, 6.07) is 27.0. The molecule has 37 heavy (non-hydrogen) atoms. The van der Waals surface area contributed by atoms with Gasteiger partial charge in [-0.05, 0) is 35.4 Å². The average molecular weight is 524 g/mol. The summed E-state index contributed by atoms with van der Waals surface area (Å²) in [6.45, 7) is 3.11. The fourth-order valence-corrected chi connectivity index (χ4v) is 5.44. The molecule has 9 heteroatoms. The molecule has 196 valence electrons. The Labute approximate surface area is 218 Å². The molecule has 1 aliphatic heterocycles. The number of sulfonamides is 1. The van der Waals surface area contributed by atoms with Crippen LogP contribution in [0, 0.1) is 0 Å². The minimum absolute atomic E-state index is 0.0893. The zero-order valence-electron chi connectivity index (χ0n) is 21.0. The molecule has 1 saturated heterocycles. The van der Waals surface area contributed by atoms with Gasteiger partial charge >= 0.3 is 0 Å². The van der Waals surface area contributed by atoms with E-state index in [0.717, 1.165) is 13.1 Å². The van der Waals surface area contributed by atoms with Crippen molar-refractivity contribution in [2.45, 2.75) is 10.9 Å². The molecule has 0 aliphatic carbocycles. The number of carbonyl (C=O) groups is 1. The van der Waals surface area contributed by atoms with Crippen LogP contribution in [0.25, 0.3) is 0 Å². The average Bonchev–Trinajstić information content (AvgIpc) is 2.94. The highest BCUT2D eigenvalue weighted by molar-refractivity contribution is 7.89. The van der Waals surface area contributed by atoms with Gasteiger partial charge in [0.2, 0.25) is 10.0 Å². The number of piperazine rings is 1. The van der Waals surface area contributed by atoms with E-state index in [2.05, 4.69) is 58.2 Å². The number of rotatable bonds is 11. The fourth-order valence-electron chi connectivity index (χ4n) is 4.43. The van der Waals surface area contributed by atoms with E-state index >= 15 is 0 Å². The summed E-state index contributed by atoms with van der Waals surface area (Å²) in [5, 5.41) is 0. The third-order valence-corrected chi connectivity index (χ3v) is 7.83. The van der Waals surface area contributed by atoms with Crippen LogP contribution in [0.1, 0.15) is 17.2 Å². The van der Waals surface area contributed by atoms with Crippen LogP contribution >= 0.6 is 0 Å². The number of hydrogen-bond acceptors (Lipinski definition) is 6. The molecule has 4 rings (SSSR count). The van der Waals surface area contributed by atoms with E-state index < -0.39 is 10.0 Å². The third-order valence-electron chi connectivity index (χ3n) is 6.36. The molecule has 0 atom stereocenters. The Morgan fingerprint density at radius 1 is 0.865 bits per heavy atom. The van der Waals surface area contributed by atoms with E-state index in [1.165, 1.54) is 30.4 Å². The maximum atomic E-state index is 12.8. The zero-order chi connectivity index (χ0) is 26.1. The summed E-state index contributed by atoms with van der Waals surface area (Å²) in [5.41, 5.74) is 2.47. The van der Waals surface area contributed by atoms with Crippen LogP contribution in [0.4, 0.5) is 0 Å². The monoisotopic (exact) mass is 523 g/mol. The summed E-state index contributed by atoms with van der Waals surface area (Å²) in [5.74, 6) is 0.351. The highest BCUT2D eigenvalue weighted by Crippen LogP contribution is 2.29. The van der Waals surface area contributed by atoms with Gasteiger partial charge in [0.25, 0.3) is 5.91 Å². The molecule has 8 nitrogen and oxygen atoms in total. The van der Waals surface area contributed by atoms with Crippen molar-refractivity contribution in [1.29, 1.82) is 0 Å². The number of nitrogens with zero attached hydrogens (tertiary/aromatic N) is 2. The number of nitrogens with one attached hydrogen (secondary N) is 1. The van der Waals surface area contributed by atoms with E-state index in [9.17, 15) is 13.2 Å². The number of carbonyl (C=O) groups excluding carboxylic acids is 1. The van der Waals surface area contributed by atoms with Crippen LogP contribution in [-0.4, -0.2) is 77.2 Å². The predicted octanol–water partition coefficient (Wildman–Crippen LogP) is 2.92. The quantitative estimate of drug-likeness (QED) is 0.389. The molecule has 1 N–H and O–H groups in total.